The molecule has 140 valence electrons. The van der Waals surface area contributed by atoms with Crippen LogP contribution in [0.15, 0.2) is 11.8 Å². The summed E-state index contributed by atoms with van der Waals surface area (Å²) in [4.78, 5) is 18.0. The van der Waals surface area contributed by atoms with Crippen molar-refractivity contribution in [3.8, 4) is 0 Å². The average Bonchev–Trinajstić information content (AvgIpc) is 3.10. The molecule has 4 aliphatic rings. The number of hydrogen-bond donors (Lipinski definition) is 1. The minimum atomic E-state index is -0.531. The Morgan fingerprint density at radius 3 is 2.60 bits per heavy atom. The molecule has 4 rings (SSSR count). The van der Waals surface area contributed by atoms with Crippen LogP contribution in [0, 0.1) is 22.7 Å². The molecule has 0 amide bonds. The highest BCUT2D eigenvalue weighted by molar-refractivity contribution is 5.82. The number of ether oxygens (including phenoxy) is 2. The summed E-state index contributed by atoms with van der Waals surface area (Å²) in [6.45, 7) is 11.1. The van der Waals surface area contributed by atoms with Crippen LogP contribution in [0.25, 0.3) is 0 Å². The van der Waals surface area contributed by atoms with Crippen LogP contribution >= 0.6 is 0 Å². The highest BCUT2D eigenvalue weighted by atomic mass is 16.8. The van der Waals surface area contributed by atoms with E-state index in [2.05, 4.69) is 25.8 Å². The van der Waals surface area contributed by atoms with Crippen molar-refractivity contribution in [1.29, 1.82) is 0 Å². The molecule has 4 unspecified atom stereocenters. The van der Waals surface area contributed by atoms with E-state index in [1.165, 1.54) is 26.0 Å². The monoisotopic (exact) mass is 350 g/mol. The zero-order chi connectivity index (χ0) is 18.4. The number of hydrogen-bond acceptors (Lipinski definition) is 6. The Kier molecular flexibility index (Phi) is 3.45. The third-order valence-corrected chi connectivity index (χ3v) is 7.77. The highest BCUT2D eigenvalue weighted by Gasteiger charge is 2.74. The van der Waals surface area contributed by atoms with E-state index in [0.29, 0.717) is 11.6 Å². The maximum absolute atomic E-state index is 11.7. The van der Waals surface area contributed by atoms with Gasteiger partial charge in [0.15, 0.2) is 0 Å². The Labute approximate surface area is 149 Å². The smallest absolute Gasteiger partial charge is 0.332 e. The molecular formula is C19H30N2O4. The van der Waals surface area contributed by atoms with E-state index in [-0.39, 0.29) is 35.1 Å². The highest BCUT2D eigenvalue weighted by Crippen LogP contribution is 2.70. The van der Waals surface area contributed by atoms with Gasteiger partial charge in [-0.15, -0.1) is 0 Å². The Morgan fingerprint density at radius 2 is 1.96 bits per heavy atom. The van der Waals surface area contributed by atoms with Gasteiger partial charge in [0.25, 0.3) is 0 Å². The van der Waals surface area contributed by atoms with Crippen LogP contribution in [0.1, 0.15) is 47.5 Å². The molecule has 2 bridgehead atoms. The van der Waals surface area contributed by atoms with Gasteiger partial charge in [-0.1, -0.05) is 20.8 Å². The molecule has 0 spiro atoms. The minimum absolute atomic E-state index is 0.144. The van der Waals surface area contributed by atoms with Gasteiger partial charge in [-0.2, -0.15) is 5.06 Å². The van der Waals surface area contributed by atoms with Crippen molar-refractivity contribution in [3.05, 3.63) is 11.8 Å². The number of carbonyl (C=O) groups excluding carboxylic acids is 1. The minimum Gasteiger partial charge on any atom is -0.466 e. The molecule has 2 saturated carbocycles. The molecule has 6 heteroatoms. The third-order valence-electron chi connectivity index (χ3n) is 7.77. The SMILES string of the molecule is COC(=O)/C=C(\N)C1C2OC3C([C@@H]4CC[C@@]3(C)C4(C)C)N2OC1(C)C. The number of esters is 1. The zero-order valence-electron chi connectivity index (χ0n) is 16.0. The van der Waals surface area contributed by atoms with E-state index in [0.717, 1.165) is 0 Å². The maximum atomic E-state index is 11.7. The summed E-state index contributed by atoms with van der Waals surface area (Å²) in [5.74, 6) is -0.103. The molecule has 0 radical (unpaired) electrons. The molecule has 6 atom stereocenters. The Morgan fingerprint density at radius 1 is 1.28 bits per heavy atom. The summed E-state index contributed by atoms with van der Waals surface area (Å²) < 4.78 is 11.3. The molecule has 4 fully saturated rings. The van der Waals surface area contributed by atoms with Crippen molar-refractivity contribution in [2.24, 2.45) is 28.4 Å². The van der Waals surface area contributed by atoms with Crippen LogP contribution in [0.5, 0.6) is 0 Å². The van der Waals surface area contributed by atoms with Crippen molar-refractivity contribution < 1.29 is 19.1 Å². The average molecular weight is 350 g/mol. The number of rotatable bonds is 2. The number of fused-ring (bicyclic) bond motifs is 7. The summed E-state index contributed by atoms with van der Waals surface area (Å²) >= 11 is 0. The first kappa shape index (κ1) is 17.3. The fraction of sp³-hybridized carbons (Fsp3) is 0.842. The second kappa shape index (κ2) is 4.99. The Hall–Kier alpha value is -1.11. The molecular weight excluding hydrogens is 320 g/mol. The summed E-state index contributed by atoms with van der Waals surface area (Å²) in [6.07, 6.45) is 3.65. The quantitative estimate of drug-likeness (QED) is 0.608. The fourth-order valence-electron chi connectivity index (χ4n) is 6.04. The molecule has 25 heavy (non-hydrogen) atoms. The van der Waals surface area contributed by atoms with Crippen molar-refractivity contribution in [1.82, 2.24) is 5.06 Å². The largest absolute Gasteiger partial charge is 0.466 e. The van der Waals surface area contributed by atoms with Gasteiger partial charge in [0.05, 0.1) is 30.8 Å². The number of hydroxylamine groups is 2. The van der Waals surface area contributed by atoms with Gasteiger partial charge < -0.3 is 15.2 Å². The van der Waals surface area contributed by atoms with Crippen molar-refractivity contribution >= 4 is 5.97 Å². The fourth-order valence-corrected chi connectivity index (χ4v) is 6.04. The van der Waals surface area contributed by atoms with Gasteiger partial charge in [-0.05, 0) is 38.0 Å². The van der Waals surface area contributed by atoms with Gasteiger partial charge in [0.2, 0.25) is 0 Å². The van der Waals surface area contributed by atoms with E-state index < -0.39 is 11.6 Å². The van der Waals surface area contributed by atoms with Crippen molar-refractivity contribution in [3.63, 3.8) is 0 Å². The lowest BCUT2D eigenvalue weighted by Gasteiger charge is -2.39. The van der Waals surface area contributed by atoms with Gasteiger partial charge in [0.1, 0.15) is 6.23 Å². The molecule has 2 saturated heterocycles. The van der Waals surface area contributed by atoms with Crippen LogP contribution < -0.4 is 5.73 Å². The predicted molar refractivity (Wildman–Crippen MR) is 91.8 cm³/mol. The van der Waals surface area contributed by atoms with Crippen LogP contribution in [-0.4, -0.2) is 42.1 Å². The first-order chi connectivity index (χ1) is 11.5. The molecule has 0 aromatic carbocycles. The van der Waals surface area contributed by atoms with Gasteiger partial charge in [-0.3, -0.25) is 4.84 Å². The van der Waals surface area contributed by atoms with Crippen LogP contribution in [0.3, 0.4) is 0 Å². The third kappa shape index (κ3) is 1.99. The van der Waals surface area contributed by atoms with Crippen molar-refractivity contribution in [2.45, 2.75) is 71.4 Å². The standard InChI is InChI=1S/C19H30N2O4/c1-17(2)10-7-8-19(17,5)15-14(10)21-16(24-15)13(18(3,4)25-21)11(20)9-12(22)23-6/h9-10,13-16H,7-8,20H2,1-6H3/b11-9-/t10-,13?,14?,15?,16?,19+/m0/s1. The lowest BCUT2D eigenvalue weighted by Crippen LogP contribution is -2.43. The molecule has 6 nitrogen and oxygen atoms in total. The van der Waals surface area contributed by atoms with E-state index in [1.807, 2.05) is 13.8 Å². The Balaban J connectivity index is 1.68. The molecule has 0 aromatic heterocycles. The molecule has 2 N–H and O–H groups in total. The van der Waals surface area contributed by atoms with Gasteiger partial charge >= 0.3 is 5.97 Å². The molecule has 2 aliphatic heterocycles. The molecule has 2 heterocycles. The number of methoxy groups -OCH3 is 1. The van der Waals surface area contributed by atoms with E-state index >= 15 is 0 Å². The maximum Gasteiger partial charge on any atom is 0.332 e. The second-order valence-electron chi connectivity index (χ2n) is 9.42. The van der Waals surface area contributed by atoms with Crippen molar-refractivity contribution in [2.75, 3.05) is 7.11 Å². The summed E-state index contributed by atoms with van der Waals surface area (Å²) in [6, 6.07) is 0.258. The predicted octanol–water partition coefficient (Wildman–Crippen LogP) is 2.19. The van der Waals surface area contributed by atoms with Crippen LogP contribution in [0.4, 0.5) is 0 Å². The first-order valence-electron chi connectivity index (χ1n) is 9.22. The molecule has 2 aliphatic carbocycles. The lowest BCUT2D eigenvalue weighted by molar-refractivity contribution is -0.220. The summed E-state index contributed by atoms with van der Waals surface area (Å²) in [5, 5.41) is 2.06. The normalized spacial score (nSPS) is 47.0. The van der Waals surface area contributed by atoms with Gasteiger partial charge in [0, 0.05) is 17.2 Å². The number of nitrogens with zero attached hydrogens (tertiary/aromatic N) is 1. The first-order valence-corrected chi connectivity index (χ1v) is 9.22. The van der Waals surface area contributed by atoms with E-state index in [1.54, 1.807) is 0 Å². The second-order valence-corrected chi connectivity index (χ2v) is 9.42. The van der Waals surface area contributed by atoms with Gasteiger partial charge in [-0.25, -0.2) is 4.79 Å². The van der Waals surface area contributed by atoms with Crippen LogP contribution in [-0.2, 0) is 19.1 Å². The molecule has 0 aromatic rings. The zero-order valence-corrected chi connectivity index (χ0v) is 16.0. The van der Waals surface area contributed by atoms with E-state index in [9.17, 15) is 4.79 Å². The van der Waals surface area contributed by atoms with Crippen LogP contribution in [0.2, 0.25) is 0 Å². The lowest BCUT2D eigenvalue weighted by atomic mass is 9.70. The topological polar surface area (TPSA) is 74.0 Å². The Bertz CT molecular complexity index is 643. The number of carbonyl (C=O) groups is 1. The van der Waals surface area contributed by atoms with E-state index in [4.69, 9.17) is 20.0 Å². The summed E-state index contributed by atoms with van der Waals surface area (Å²) in [5.41, 5.74) is 6.58. The summed E-state index contributed by atoms with van der Waals surface area (Å²) in [7, 11) is 1.35. The number of nitrogens with two attached hydrogens (primary N) is 1.